The van der Waals surface area contributed by atoms with Crippen molar-refractivity contribution in [2.75, 3.05) is 19.6 Å². The lowest BCUT2D eigenvalue weighted by atomic mass is 9.63. The SMILES string of the molecule is CC(=O)[C@@H]1CC2CC3CC1CC(C2)C3NC(O)CN1CCCN(C2=C(C)CCC=C2)S1(=O)=O. The second-order valence-electron chi connectivity index (χ2n) is 11.1. The van der Waals surface area contributed by atoms with E-state index in [9.17, 15) is 18.3 Å². The van der Waals surface area contributed by atoms with Crippen LogP contribution in [-0.4, -0.2) is 59.8 Å². The second-order valence-corrected chi connectivity index (χ2v) is 13.0. The lowest BCUT2D eigenvalue weighted by Crippen LogP contribution is -2.58. The van der Waals surface area contributed by atoms with Crippen molar-refractivity contribution in [3.8, 4) is 0 Å². The van der Waals surface area contributed by atoms with Crippen molar-refractivity contribution in [2.24, 2.45) is 29.6 Å². The zero-order valence-corrected chi connectivity index (χ0v) is 20.8. The first-order chi connectivity index (χ1) is 15.7. The molecule has 6 aliphatic rings. The van der Waals surface area contributed by atoms with Crippen LogP contribution < -0.4 is 5.32 Å². The minimum Gasteiger partial charge on any atom is -0.377 e. The molecule has 5 fully saturated rings. The molecule has 1 aliphatic heterocycles. The Morgan fingerprint density at radius 1 is 1.15 bits per heavy atom. The van der Waals surface area contributed by atoms with Crippen LogP contribution in [0.25, 0.3) is 0 Å². The molecule has 7 nitrogen and oxygen atoms in total. The lowest BCUT2D eigenvalue weighted by molar-refractivity contribution is -0.123. The molecule has 1 saturated heterocycles. The molecule has 0 radical (unpaired) electrons. The van der Waals surface area contributed by atoms with Gasteiger partial charge in [-0.3, -0.25) is 14.4 Å². The fourth-order valence-corrected chi connectivity index (χ4v) is 9.35. The van der Waals surface area contributed by atoms with Crippen LogP contribution in [0.4, 0.5) is 0 Å². The highest BCUT2D eigenvalue weighted by Gasteiger charge is 2.50. The maximum atomic E-state index is 13.4. The largest absolute Gasteiger partial charge is 0.377 e. The quantitative estimate of drug-likeness (QED) is 0.574. The molecule has 0 aromatic carbocycles. The second kappa shape index (κ2) is 9.10. The van der Waals surface area contributed by atoms with Gasteiger partial charge in [0.25, 0.3) is 0 Å². The van der Waals surface area contributed by atoms with E-state index < -0.39 is 16.4 Å². The molecule has 2 N–H and O–H groups in total. The molecule has 5 aliphatic carbocycles. The van der Waals surface area contributed by atoms with E-state index in [2.05, 4.69) is 5.32 Å². The van der Waals surface area contributed by atoms with E-state index in [0.29, 0.717) is 42.5 Å². The Kier molecular flexibility index (Phi) is 6.48. The number of aliphatic hydroxyl groups excluding tert-OH is 1. The number of Topliss-reactive ketones (excluding diaryl/α,β-unsaturated/α-hetero) is 1. The Balaban J connectivity index is 1.25. The molecule has 0 spiro atoms. The van der Waals surface area contributed by atoms with E-state index in [1.54, 1.807) is 6.92 Å². The van der Waals surface area contributed by atoms with E-state index in [4.69, 9.17) is 0 Å². The molecular formula is C25H39N3O4S. The van der Waals surface area contributed by atoms with Gasteiger partial charge in [0, 0.05) is 25.0 Å². The molecule has 33 heavy (non-hydrogen) atoms. The molecular weight excluding hydrogens is 438 g/mol. The standard InChI is InChI=1S/C25H39N3O4S/c1-16-6-3-4-7-23(16)28-9-5-8-27(33(28,31)32)15-24(30)26-25-20-10-18-11-21(25)14-19(13-20)22(12-18)17(2)29/h4,7,18-22,24-26,30H,3,5-6,8-15H2,1-2H3/t18?,19?,20?,21?,22-,24?,25?/m0/s1. The van der Waals surface area contributed by atoms with Gasteiger partial charge < -0.3 is 5.11 Å². The number of rotatable bonds is 6. The van der Waals surface area contributed by atoms with Gasteiger partial charge in [0.05, 0.1) is 12.2 Å². The zero-order valence-electron chi connectivity index (χ0n) is 19.9. The highest BCUT2D eigenvalue weighted by molar-refractivity contribution is 7.86. The van der Waals surface area contributed by atoms with Gasteiger partial charge >= 0.3 is 10.2 Å². The lowest BCUT2D eigenvalue weighted by Gasteiger charge is -2.47. The number of aliphatic hydroxyl groups is 1. The van der Waals surface area contributed by atoms with Crippen molar-refractivity contribution in [3.05, 3.63) is 23.4 Å². The molecule has 1 heterocycles. The number of carbonyl (C=O) groups excluding carboxylic acids is 1. The molecule has 0 aromatic rings. The topological polar surface area (TPSA) is 89.9 Å². The van der Waals surface area contributed by atoms with Crippen LogP contribution in [0.5, 0.6) is 0 Å². The van der Waals surface area contributed by atoms with E-state index in [-0.39, 0.29) is 18.5 Å². The summed E-state index contributed by atoms with van der Waals surface area (Å²) in [5.74, 6) is 2.61. The Morgan fingerprint density at radius 3 is 2.55 bits per heavy atom. The third-order valence-electron chi connectivity index (χ3n) is 8.98. The molecule has 4 saturated carbocycles. The number of allylic oxidation sites excluding steroid dienone is 3. The number of nitrogens with zero attached hydrogens (tertiary/aromatic N) is 2. The first kappa shape index (κ1) is 23.5. The Hall–Kier alpha value is -1.22. The van der Waals surface area contributed by atoms with Crippen molar-refractivity contribution in [2.45, 2.75) is 77.5 Å². The number of carbonyl (C=O) groups is 1. The van der Waals surface area contributed by atoms with E-state index >= 15 is 0 Å². The average molecular weight is 478 g/mol. The van der Waals surface area contributed by atoms with Gasteiger partial charge in [0.15, 0.2) is 0 Å². The predicted octanol–water partition coefficient (Wildman–Crippen LogP) is 2.80. The van der Waals surface area contributed by atoms with Crippen molar-refractivity contribution in [1.29, 1.82) is 0 Å². The van der Waals surface area contributed by atoms with Gasteiger partial charge in [-0.25, -0.2) is 0 Å². The summed E-state index contributed by atoms with van der Waals surface area (Å²) in [6, 6.07) is 0.216. The van der Waals surface area contributed by atoms with Gasteiger partial charge in [-0.1, -0.05) is 6.08 Å². The molecule has 0 amide bonds. The molecule has 3 unspecified atom stereocenters. The van der Waals surface area contributed by atoms with Crippen LogP contribution >= 0.6 is 0 Å². The highest BCUT2D eigenvalue weighted by Crippen LogP contribution is 2.53. The van der Waals surface area contributed by atoms with Gasteiger partial charge in [-0.15, -0.1) is 0 Å². The molecule has 8 heteroatoms. The normalized spacial score (nSPS) is 39.1. The fourth-order valence-electron chi connectivity index (χ4n) is 7.55. The third kappa shape index (κ3) is 4.44. The van der Waals surface area contributed by atoms with Crippen LogP contribution in [-0.2, 0) is 15.0 Å². The number of ketones is 1. The number of fused-ring (bicyclic) bond motifs is 1. The molecule has 4 bridgehead atoms. The van der Waals surface area contributed by atoms with Crippen molar-refractivity contribution >= 4 is 16.0 Å². The summed E-state index contributed by atoms with van der Waals surface area (Å²) in [4.78, 5) is 12.2. The van der Waals surface area contributed by atoms with Gasteiger partial charge in [-0.2, -0.15) is 12.7 Å². The van der Waals surface area contributed by atoms with Crippen LogP contribution in [0, 0.1) is 29.6 Å². The summed E-state index contributed by atoms with van der Waals surface area (Å²) < 4.78 is 29.8. The molecule has 6 rings (SSSR count). The first-order valence-electron chi connectivity index (χ1n) is 12.8. The fraction of sp³-hybridized carbons (Fsp3) is 0.800. The number of hydrogen-bond donors (Lipinski definition) is 2. The third-order valence-corrected chi connectivity index (χ3v) is 10.9. The summed E-state index contributed by atoms with van der Waals surface area (Å²) in [5, 5.41) is 14.4. The predicted molar refractivity (Wildman–Crippen MR) is 127 cm³/mol. The minimum atomic E-state index is -3.66. The zero-order chi connectivity index (χ0) is 23.3. The minimum absolute atomic E-state index is 0.0771. The molecule has 184 valence electrons. The van der Waals surface area contributed by atoms with E-state index in [1.807, 2.05) is 19.1 Å². The van der Waals surface area contributed by atoms with Crippen molar-refractivity contribution in [3.63, 3.8) is 0 Å². The van der Waals surface area contributed by atoms with Crippen LogP contribution in [0.2, 0.25) is 0 Å². The molecule has 4 atom stereocenters. The smallest absolute Gasteiger partial charge is 0.304 e. The Bertz CT molecular complexity index is 929. The number of β-amino-alcohol motifs (C(OH)–C–C–N with tert-alkyl or cyclic N) is 1. The van der Waals surface area contributed by atoms with Gasteiger partial charge in [0.2, 0.25) is 0 Å². The maximum Gasteiger partial charge on any atom is 0.304 e. The number of hydrogen-bond acceptors (Lipinski definition) is 5. The van der Waals surface area contributed by atoms with E-state index in [0.717, 1.165) is 62.6 Å². The van der Waals surface area contributed by atoms with E-state index in [1.165, 1.54) is 8.61 Å². The van der Waals surface area contributed by atoms with Crippen LogP contribution in [0.3, 0.4) is 0 Å². The summed E-state index contributed by atoms with van der Waals surface area (Å²) in [7, 11) is -3.66. The van der Waals surface area contributed by atoms with Crippen molar-refractivity contribution in [1.82, 2.24) is 13.9 Å². The molecule has 0 aromatic heterocycles. The Labute approximate surface area is 198 Å². The summed E-state index contributed by atoms with van der Waals surface area (Å²) in [5.41, 5.74) is 1.90. The van der Waals surface area contributed by atoms with Crippen LogP contribution in [0.15, 0.2) is 23.4 Å². The Morgan fingerprint density at radius 2 is 1.88 bits per heavy atom. The highest BCUT2D eigenvalue weighted by atomic mass is 32.2. The average Bonchev–Trinajstić information content (AvgIpc) is 2.98. The maximum absolute atomic E-state index is 13.4. The summed E-state index contributed by atoms with van der Waals surface area (Å²) >= 11 is 0. The first-order valence-corrected chi connectivity index (χ1v) is 14.2. The van der Waals surface area contributed by atoms with Gasteiger partial charge in [-0.05, 0) is 101 Å². The van der Waals surface area contributed by atoms with Crippen LogP contribution in [0.1, 0.15) is 65.2 Å². The van der Waals surface area contributed by atoms with Crippen molar-refractivity contribution < 1.29 is 18.3 Å². The summed E-state index contributed by atoms with van der Waals surface area (Å²) in [6.07, 6.45) is 11.1. The summed E-state index contributed by atoms with van der Waals surface area (Å²) in [6.45, 7) is 4.77. The number of nitrogens with one attached hydrogen (secondary N) is 1. The van der Waals surface area contributed by atoms with Gasteiger partial charge in [0.1, 0.15) is 12.0 Å². The monoisotopic (exact) mass is 477 g/mol.